The molecule has 19 heavy (non-hydrogen) atoms. The highest BCUT2D eigenvalue weighted by Gasteiger charge is 2.15. The maximum Gasteiger partial charge on any atom is 0.407 e. The molecule has 0 fully saturated rings. The van der Waals surface area contributed by atoms with Gasteiger partial charge in [0, 0.05) is 19.2 Å². The summed E-state index contributed by atoms with van der Waals surface area (Å²) in [6.45, 7) is 6.03. The van der Waals surface area contributed by atoms with Gasteiger partial charge in [-0.25, -0.2) is 9.78 Å². The van der Waals surface area contributed by atoms with Gasteiger partial charge in [0.25, 0.3) is 0 Å². The average Bonchev–Trinajstić information content (AvgIpc) is 2.70. The van der Waals surface area contributed by atoms with Gasteiger partial charge in [0.15, 0.2) is 0 Å². The molecule has 102 valence electrons. The van der Waals surface area contributed by atoms with Crippen molar-refractivity contribution in [1.29, 1.82) is 0 Å². The van der Waals surface area contributed by atoms with Crippen molar-refractivity contribution in [3.63, 3.8) is 0 Å². The van der Waals surface area contributed by atoms with E-state index < -0.39 is 11.7 Å². The monoisotopic (exact) mass is 261 g/mol. The summed E-state index contributed by atoms with van der Waals surface area (Å²) in [7, 11) is 0. The van der Waals surface area contributed by atoms with Gasteiger partial charge in [-0.05, 0) is 32.9 Å². The lowest BCUT2D eigenvalue weighted by molar-refractivity contribution is 0.0528. The quantitative estimate of drug-likeness (QED) is 0.923. The summed E-state index contributed by atoms with van der Waals surface area (Å²) in [5.41, 5.74) is 0.583. The molecule has 0 aliphatic carbocycles. The molecule has 2 aromatic heterocycles. The summed E-state index contributed by atoms with van der Waals surface area (Å²) in [5.74, 6) is 0.923. The Morgan fingerprint density at radius 2 is 2.21 bits per heavy atom. The highest BCUT2D eigenvalue weighted by molar-refractivity contribution is 5.67. The molecule has 1 N–H and O–H groups in total. The first-order chi connectivity index (χ1) is 8.96. The van der Waals surface area contributed by atoms with E-state index in [1.165, 1.54) is 0 Å². The number of nitrogens with zero attached hydrogens (tertiary/aromatic N) is 2. The second-order valence-corrected chi connectivity index (χ2v) is 5.35. The van der Waals surface area contributed by atoms with E-state index in [4.69, 9.17) is 4.74 Å². The van der Waals surface area contributed by atoms with Crippen LogP contribution in [0.25, 0.3) is 5.52 Å². The Morgan fingerprint density at radius 1 is 1.42 bits per heavy atom. The van der Waals surface area contributed by atoms with Gasteiger partial charge in [0.05, 0.1) is 11.7 Å². The number of alkyl carbamates (subject to hydrolysis) is 1. The number of ether oxygens (including phenoxy) is 1. The van der Waals surface area contributed by atoms with E-state index in [0.717, 1.165) is 11.3 Å². The fourth-order valence-electron chi connectivity index (χ4n) is 1.77. The molecule has 0 saturated heterocycles. The van der Waals surface area contributed by atoms with Crippen molar-refractivity contribution >= 4 is 11.6 Å². The highest BCUT2D eigenvalue weighted by atomic mass is 16.6. The first kappa shape index (κ1) is 13.4. The van der Waals surface area contributed by atoms with Crippen molar-refractivity contribution < 1.29 is 9.53 Å². The van der Waals surface area contributed by atoms with Crippen LogP contribution < -0.4 is 5.32 Å². The zero-order valence-corrected chi connectivity index (χ0v) is 11.5. The number of fused-ring (bicyclic) bond motifs is 1. The Labute approximate surface area is 112 Å². The van der Waals surface area contributed by atoms with Crippen molar-refractivity contribution in [2.24, 2.45) is 0 Å². The molecule has 0 radical (unpaired) electrons. The standard InChI is InChI=1S/C14H19N3O2/c1-14(2,3)19-13(18)15-8-7-12-16-10-11-6-4-5-9-17(11)12/h4-6,9-10H,7-8H2,1-3H3,(H,15,18). The van der Waals surface area contributed by atoms with E-state index in [1.54, 1.807) is 0 Å². The minimum absolute atomic E-state index is 0.395. The van der Waals surface area contributed by atoms with Gasteiger partial charge in [0.2, 0.25) is 0 Å². The molecule has 0 aromatic carbocycles. The number of hydrogen-bond donors (Lipinski definition) is 1. The lowest BCUT2D eigenvalue weighted by Crippen LogP contribution is -2.33. The lowest BCUT2D eigenvalue weighted by Gasteiger charge is -2.19. The number of imidazole rings is 1. The molecule has 2 aromatic rings. The van der Waals surface area contributed by atoms with Crippen molar-refractivity contribution in [1.82, 2.24) is 14.7 Å². The van der Waals surface area contributed by atoms with Gasteiger partial charge < -0.3 is 14.5 Å². The molecule has 0 unspecified atom stereocenters. The predicted octanol–water partition coefficient (Wildman–Crippen LogP) is 2.40. The summed E-state index contributed by atoms with van der Waals surface area (Å²) >= 11 is 0. The van der Waals surface area contributed by atoms with Crippen LogP contribution in [0.1, 0.15) is 26.6 Å². The van der Waals surface area contributed by atoms with Crippen LogP contribution in [0.5, 0.6) is 0 Å². The fourth-order valence-corrected chi connectivity index (χ4v) is 1.77. The van der Waals surface area contributed by atoms with E-state index in [-0.39, 0.29) is 0 Å². The molecule has 0 aliphatic rings. The summed E-state index contributed by atoms with van der Waals surface area (Å²) in [4.78, 5) is 15.8. The smallest absolute Gasteiger partial charge is 0.407 e. The second kappa shape index (κ2) is 5.30. The minimum atomic E-state index is -0.468. The van der Waals surface area contributed by atoms with E-state index in [2.05, 4.69) is 10.3 Å². The Bertz CT molecular complexity index is 569. The molecule has 0 spiro atoms. The Hall–Kier alpha value is -2.04. The third-order valence-electron chi connectivity index (χ3n) is 2.53. The molecule has 0 saturated carbocycles. The number of pyridine rings is 1. The fraction of sp³-hybridized carbons (Fsp3) is 0.429. The van der Waals surface area contributed by atoms with Crippen LogP contribution in [0.4, 0.5) is 4.79 Å². The number of hydrogen-bond acceptors (Lipinski definition) is 3. The number of rotatable bonds is 3. The van der Waals surface area contributed by atoms with Gasteiger partial charge in [-0.1, -0.05) is 6.07 Å². The van der Waals surface area contributed by atoms with E-state index in [9.17, 15) is 4.79 Å². The molecular weight excluding hydrogens is 242 g/mol. The van der Waals surface area contributed by atoms with Crippen molar-refractivity contribution in [2.75, 3.05) is 6.54 Å². The van der Waals surface area contributed by atoms with E-state index >= 15 is 0 Å². The van der Waals surface area contributed by atoms with Crippen LogP contribution in [-0.2, 0) is 11.2 Å². The van der Waals surface area contributed by atoms with E-state index in [0.29, 0.717) is 13.0 Å². The molecule has 0 bridgehead atoms. The van der Waals surface area contributed by atoms with Gasteiger partial charge in [-0.15, -0.1) is 0 Å². The largest absolute Gasteiger partial charge is 0.444 e. The number of carbonyl (C=O) groups is 1. The van der Waals surface area contributed by atoms with Crippen LogP contribution in [-0.4, -0.2) is 27.6 Å². The highest BCUT2D eigenvalue weighted by Crippen LogP contribution is 2.07. The van der Waals surface area contributed by atoms with Gasteiger partial charge in [0.1, 0.15) is 11.4 Å². The zero-order chi connectivity index (χ0) is 13.9. The van der Waals surface area contributed by atoms with Gasteiger partial charge >= 0.3 is 6.09 Å². The molecule has 2 heterocycles. The number of carbonyl (C=O) groups excluding carboxylic acids is 1. The minimum Gasteiger partial charge on any atom is -0.444 e. The number of nitrogens with one attached hydrogen (secondary N) is 1. The third-order valence-corrected chi connectivity index (χ3v) is 2.53. The Morgan fingerprint density at radius 3 is 2.95 bits per heavy atom. The number of aromatic nitrogens is 2. The molecule has 0 aliphatic heterocycles. The molecule has 0 atom stereocenters. The predicted molar refractivity (Wildman–Crippen MR) is 73.1 cm³/mol. The Balaban J connectivity index is 1.88. The second-order valence-electron chi connectivity index (χ2n) is 5.35. The van der Waals surface area contributed by atoms with Crippen molar-refractivity contribution in [3.8, 4) is 0 Å². The SMILES string of the molecule is CC(C)(C)OC(=O)NCCc1ncc2ccccn12. The summed E-state index contributed by atoms with van der Waals surface area (Å²) in [5, 5.41) is 2.73. The molecule has 5 heteroatoms. The van der Waals surface area contributed by atoms with Crippen LogP contribution in [0, 0.1) is 0 Å². The Kier molecular flexibility index (Phi) is 3.74. The van der Waals surface area contributed by atoms with Crippen LogP contribution >= 0.6 is 0 Å². The summed E-state index contributed by atoms with van der Waals surface area (Å²) < 4.78 is 7.18. The van der Waals surface area contributed by atoms with Crippen LogP contribution in [0.3, 0.4) is 0 Å². The maximum absolute atomic E-state index is 11.5. The van der Waals surface area contributed by atoms with Crippen molar-refractivity contribution in [3.05, 3.63) is 36.4 Å². The summed E-state index contributed by atoms with van der Waals surface area (Å²) in [6.07, 6.45) is 4.05. The molecule has 2 rings (SSSR count). The average molecular weight is 261 g/mol. The van der Waals surface area contributed by atoms with E-state index in [1.807, 2.05) is 55.8 Å². The van der Waals surface area contributed by atoms with Gasteiger partial charge in [-0.2, -0.15) is 0 Å². The zero-order valence-electron chi connectivity index (χ0n) is 11.5. The van der Waals surface area contributed by atoms with Crippen molar-refractivity contribution in [2.45, 2.75) is 32.8 Å². The molecular formula is C14H19N3O2. The first-order valence-corrected chi connectivity index (χ1v) is 6.33. The molecule has 5 nitrogen and oxygen atoms in total. The first-order valence-electron chi connectivity index (χ1n) is 6.33. The normalized spacial score (nSPS) is 11.5. The topological polar surface area (TPSA) is 55.6 Å². The third kappa shape index (κ3) is 3.71. The summed E-state index contributed by atoms with van der Waals surface area (Å²) in [6, 6.07) is 5.93. The lowest BCUT2D eigenvalue weighted by atomic mass is 10.2. The van der Waals surface area contributed by atoms with Crippen LogP contribution in [0.2, 0.25) is 0 Å². The number of amides is 1. The molecule has 1 amide bonds. The maximum atomic E-state index is 11.5. The van der Waals surface area contributed by atoms with Crippen LogP contribution in [0.15, 0.2) is 30.6 Å². The van der Waals surface area contributed by atoms with Gasteiger partial charge in [-0.3, -0.25) is 0 Å².